The van der Waals surface area contributed by atoms with Crippen LogP contribution in [-0.4, -0.2) is 174 Å². The van der Waals surface area contributed by atoms with Gasteiger partial charge in [0, 0.05) is 78.1 Å². The second kappa shape index (κ2) is 41.9. The number of aromatic carboxylic acids is 1. The Labute approximate surface area is 690 Å². The van der Waals surface area contributed by atoms with Crippen LogP contribution in [0.2, 0.25) is 0 Å². The first-order valence-electron chi connectivity index (χ1n) is 35.6. The van der Waals surface area contributed by atoms with Crippen molar-refractivity contribution in [3.8, 4) is 17.5 Å². The number of carbonyl (C=O) groups is 8. The molecular weight excluding hydrogens is 1630 g/mol. The van der Waals surface area contributed by atoms with Crippen molar-refractivity contribution in [1.29, 1.82) is 0 Å². The number of Topliss-reactive ketones (excluding diaryl/α,β-unsaturated/α-hetero) is 1. The standard InChI is InChI=1S/C22H22N6O3.C22H20N6O3.C12H10N4O2.C10H14N2O2.C8H7N.C7H9IN2O2.CH4.ClH/c2*1-27-12-15(21(26-27)28-13-24-16-9-5-6-10-18(16)28)22(31)25-17(19(29)20(23)30)11-14-7-3-2-4-8-14;1-15-6-8(12(17)18)11(14-15)16-7-13-9-4-2-3-5-10(9)16;11-8(9(13)10(12)14)6-7-4-2-1-3-5-7;1-2-4-8-7(3-1)5-6-9-8;1-3-12-7(11)5-4-10(2)9-6(5)8;;/h2-10,12-13,17,19,29H,11H2,1H3,(H2,23,30)(H,25,31);2-10,12-13,17H,11H2,1H3,(H2,23,30)(H,25,31);2-7H,1H3,(H,17,18);1-5,8-9,13H,6,11H2,(H2,12,14);1-4,6H,5H2;4H,3H2,1-2H3;1H4;1H. The third kappa shape index (κ3) is 23.3. The highest BCUT2D eigenvalue weighted by atomic mass is 127. The first kappa shape index (κ1) is 88.9. The maximum absolute atomic E-state index is 13.2. The molecule has 7 aromatic heterocycles. The molecule has 5 amide bonds. The van der Waals surface area contributed by atoms with E-state index in [9.17, 15) is 48.6 Å². The van der Waals surface area contributed by atoms with Crippen molar-refractivity contribution < 1.29 is 58.4 Å². The van der Waals surface area contributed by atoms with Crippen molar-refractivity contribution in [3.63, 3.8) is 0 Å². The van der Waals surface area contributed by atoms with E-state index in [4.69, 9.17) is 32.8 Å². The molecule has 0 fully saturated rings. The second-order valence-corrected chi connectivity index (χ2v) is 26.9. The largest absolute Gasteiger partial charge is 0.477 e. The van der Waals surface area contributed by atoms with Crippen molar-refractivity contribution in [2.75, 3.05) is 6.61 Å². The Hall–Kier alpha value is -13.7. The Kier molecular flexibility index (Phi) is 31.8. The lowest BCUT2D eigenvalue weighted by atomic mass is 10.0. The molecule has 0 bridgehead atoms. The number of aliphatic hydroxyl groups is 2. The van der Waals surface area contributed by atoms with Gasteiger partial charge >= 0.3 is 11.9 Å². The number of carbonyl (C=O) groups excluding carboxylic acids is 7. The molecule has 0 saturated heterocycles. The number of hydrogen-bond donors (Lipinski definition) is 9. The van der Waals surface area contributed by atoms with Crippen LogP contribution in [0.1, 0.15) is 78.0 Å². The molecule has 0 saturated carbocycles. The van der Waals surface area contributed by atoms with E-state index in [0.717, 1.165) is 61.9 Å². The van der Waals surface area contributed by atoms with Gasteiger partial charge in [0.1, 0.15) is 57.1 Å². The van der Waals surface area contributed by atoms with Crippen molar-refractivity contribution in [2.45, 2.75) is 70.4 Å². The van der Waals surface area contributed by atoms with E-state index in [2.05, 4.69) is 57.0 Å². The summed E-state index contributed by atoms with van der Waals surface area (Å²) in [6.07, 6.45) is 12.0. The predicted octanol–water partition coefficient (Wildman–Crippen LogP) is 7.16. The monoisotopic (exact) mass is 1720 g/mol. The van der Waals surface area contributed by atoms with Crippen LogP contribution in [0.4, 0.5) is 5.69 Å². The SMILES string of the molecule is C.C1=Nc2ccccc2C1.CCOC(=O)c1cn(C)nc1I.Cl.Cn1cc(C(=O)NC(Cc2ccccc2)C(=O)C(N)=O)c(-n2cnc3ccccc32)n1.Cn1cc(C(=O)NC(Cc2ccccc2)C(O)C(N)=O)c(-n2cnc3ccccc32)n1.Cn1cc(C(=O)O)c(-n2cnc3ccccc32)n1.NC(=O)C(O)C(N)Cc1ccccc1. The molecule has 33 nitrogen and oxygen atoms in total. The van der Waals surface area contributed by atoms with Crippen LogP contribution in [0.15, 0.2) is 237 Å². The Morgan fingerprint density at radius 2 is 0.880 bits per heavy atom. The topological polar surface area (TPSA) is 472 Å². The number of aliphatic hydroxyl groups excluding tert-OH is 2. The highest BCUT2D eigenvalue weighted by Crippen LogP contribution is 2.26. The number of fused-ring (bicyclic) bond motifs is 4. The van der Waals surface area contributed by atoms with Gasteiger partial charge in [-0.25, -0.2) is 24.5 Å². The molecule has 606 valence electrons. The van der Waals surface area contributed by atoms with E-state index >= 15 is 0 Å². The minimum Gasteiger partial charge on any atom is -0.477 e. The summed E-state index contributed by atoms with van der Waals surface area (Å²) < 4.78 is 16.7. The average Bonchev–Trinajstić information content (AvgIpc) is 1.64. The summed E-state index contributed by atoms with van der Waals surface area (Å²) in [6, 6.07) is 55.8. The Bertz CT molecular complexity index is 5780. The number of halogens is 2. The maximum Gasteiger partial charge on any atom is 0.342 e. The fraction of sp³-hybridized carbons (Fsp3) is 0.195. The summed E-state index contributed by atoms with van der Waals surface area (Å²) in [5.74, 6) is -4.88. The molecule has 5 unspecified atom stereocenters. The van der Waals surface area contributed by atoms with Gasteiger partial charge in [0.2, 0.25) is 17.6 Å². The number of para-hydroxylation sites is 7. The summed E-state index contributed by atoms with van der Waals surface area (Å²) in [5.41, 5.74) is 32.1. The lowest BCUT2D eigenvalue weighted by Crippen LogP contribution is -2.50. The molecule has 5 atom stereocenters. The minimum absolute atomic E-state index is 0. The highest BCUT2D eigenvalue weighted by Gasteiger charge is 2.31. The molecule has 35 heteroatoms. The number of amides is 5. The summed E-state index contributed by atoms with van der Waals surface area (Å²) in [5, 5.41) is 51.2. The minimum atomic E-state index is -1.54. The smallest absolute Gasteiger partial charge is 0.342 e. The zero-order chi connectivity index (χ0) is 82.4. The van der Waals surface area contributed by atoms with Gasteiger partial charge in [-0.1, -0.05) is 153 Å². The Morgan fingerprint density at radius 1 is 0.496 bits per heavy atom. The maximum atomic E-state index is 13.2. The van der Waals surface area contributed by atoms with E-state index in [1.54, 1.807) is 103 Å². The number of nitrogens with one attached hydrogen (secondary N) is 2. The lowest BCUT2D eigenvalue weighted by Gasteiger charge is -2.22. The van der Waals surface area contributed by atoms with Crippen LogP contribution in [0.5, 0.6) is 0 Å². The lowest BCUT2D eigenvalue weighted by molar-refractivity contribution is -0.137. The number of imidazole rings is 3. The molecule has 14 aromatic rings. The number of hydrogen-bond acceptors (Lipinski definition) is 20. The van der Waals surface area contributed by atoms with Gasteiger partial charge in [-0.2, -0.15) is 20.4 Å². The molecular formula is C82H87ClIN21O12. The number of aryl methyl sites for hydroxylation is 4. The molecule has 1 aliphatic heterocycles. The molecule has 8 heterocycles. The Balaban J connectivity index is 0.000000184. The van der Waals surface area contributed by atoms with Gasteiger partial charge < -0.3 is 53.6 Å². The molecule has 15 rings (SSSR count). The fourth-order valence-electron chi connectivity index (χ4n) is 11.9. The number of aromatic nitrogens is 14. The first-order chi connectivity index (χ1) is 55.3. The van der Waals surface area contributed by atoms with E-state index < -0.39 is 71.6 Å². The van der Waals surface area contributed by atoms with E-state index in [1.165, 1.54) is 25.8 Å². The normalized spacial score (nSPS) is 12.1. The first-order valence-corrected chi connectivity index (χ1v) is 36.7. The van der Waals surface area contributed by atoms with Crippen LogP contribution in [-0.2, 0) is 77.8 Å². The number of carboxylic acid groups (broad SMARTS) is 1. The summed E-state index contributed by atoms with van der Waals surface area (Å²) in [4.78, 5) is 112. The number of carboxylic acids is 1. The number of ether oxygens (including phenoxy) is 1. The van der Waals surface area contributed by atoms with Crippen LogP contribution >= 0.6 is 35.0 Å². The van der Waals surface area contributed by atoms with Gasteiger partial charge in [0.05, 0.1) is 51.4 Å². The van der Waals surface area contributed by atoms with Crippen molar-refractivity contribution in [3.05, 3.63) is 280 Å². The second-order valence-electron chi connectivity index (χ2n) is 25.9. The third-order valence-corrected chi connectivity index (χ3v) is 18.2. The summed E-state index contributed by atoms with van der Waals surface area (Å²) in [7, 11) is 6.86. The number of nitrogens with two attached hydrogens (primary N) is 4. The van der Waals surface area contributed by atoms with E-state index in [1.807, 2.05) is 199 Å². The van der Waals surface area contributed by atoms with Crippen molar-refractivity contribution in [1.82, 2.24) is 78.4 Å². The van der Waals surface area contributed by atoms with Crippen LogP contribution in [0.25, 0.3) is 50.6 Å². The number of aliphatic imine (C=N–C) groups is 1. The van der Waals surface area contributed by atoms with Gasteiger partial charge in [-0.3, -0.25) is 66.2 Å². The van der Waals surface area contributed by atoms with Crippen LogP contribution in [0.3, 0.4) is 0 Å². The van der Waals surface area contributed by atoms with Gasteiger partial charge in [0.25, 0.3) is 17.7 Å². The van der Waals surface area contributed by atoms with Crippen molar-refractivity contribution in [2.24, 2.45) is 56.1 Å². The number of ketones is 1. The molecule has 0 radical (unpaired) electrons. The predicted molar refractivity (Wildman–Crippen MR) is 450 cm³/mol. The van der Waals surface area contributed by atoms with Crippen LogP contribution in [0, 0.1) is 3.70 Å². The number of nitrogens with zero attached hydrogens (tertiary/aromatic N) is 15. The highest BCUT2D eigenvalue weighted by molar-refractivity contribution is 14.1. The van der Waals surface area contributed by atoms with Gasteiger partial charge in [-0.15, -0.1) is 12.4 Å². The molecule has 1 aliphatic rings. The average molecular weight is 1720 g/mol. The van der Waals surface area contributed by atoms with Crippen LogP contribution < -0.4 is 33.6 Å². The number of rotatable bonds is 22. The molecule has 0 spiro atoms. The van der Waals surface area contributed by atoms with E-state index in [0.29, 0.717) is 39.7 Å². The van der Waals surface area contributed by atoms with Gasteiger partial charge in [-0.05, 0) is 107 Å². The summed E-state index contributed by atoms with van der Waals surface area (Å²) in [6.45, 7) is 2.17. The quantitative estimate of drug-likeness (QED) is 0.0184. The molecule has 13 N–H and O–H groups in total. The zero-order valence-corrected chi connectivity index (χ0v) is 66.2. The Morgan fingerprint density at radius 3 is 1.30 bits per heavy atom. The number of benzene rings is 7. The fourth-order valence-corrected chi connectivity index (χ4v) is 12.6. The van der Waals surface area contributed by atoms with Gasteiger partial charge in [0.15, 0.2) is 23.6 Å². The number of primary amides is 3. The third-order valence-electron chi connectivity index (χ3n) is 17.5. The zero-order valence-electron chi connectivity index (χ0n) is 63.3. The number of esters is 1. The van der Waals surface area contributed by atoms with E-state index in [-0.39, 0.29) is 55.3 Å². The molecule has 117 heavy (non-hydrogen) atoms. The van der Waals surface area contributed by atoms with Crippen molar-refractivity contribution >= 4 is 127 Å². The molecule has 7 aromatic carbocycles. The summed E-state index contributed by atoms with van der Waals surface area (Å²) >= 11 is 2.00. The molecule has 0 aliphatic carbocycles.